The second-order valence-corrected chi connectivity index (χ2v) is 5.32. The van der Waals surface area contributed by atoms with E-state index in [1.165, 1.54) is 12.1 Å². The second-order valence-electron chi connectivity index (χ2n) is 5.32. The van der Waals surface area contributed by atoms with Crippen molar-refractivity contribution < 1.29 is 4.39 Å². The van der Waals surface area contributed by atoms with E-state index in [1.807, 2.05) is 19.1 Å². The smallest absolute Gasteiger partial charge is 0.227 e. The number of hydrogen-bond donors (Lipinski definition) is 1. The molecule has 22 heavy (non-hydrogen) atoms. The normalized spacial score (nSPS) is 10.5. The summed E-state index contributed by atoms with van der Waals surface area (Å²) < 4.78 is 13.3. The lowest BCUT2D eigenvalue weighted by Gasteiger charge is -2.22. The topological polar surface area (TPSA) is 41.1 Å². The SMILES string of the molecule is CCCN(CCC)c1nc(C)cc(Nc2cccc(F)c2)n1. The number of anilines is 3. The van der Waals surface area contributed by atoms with Crippen LogP contribution in [-0.2, 0) is 0 Å². The van der Waals surface area contributed by atoms with E-state index in [-0.39, 0.29) is 5.82 Å². The average molecular weight is 302 g/mol. The highest BCUT2D eigenvalue weighted by Crippen LogP contribution is 2.19. The fourth-order valence-electron chi connectivity index (χ4n) is 2.32. The molecule has 0 atom stereocenters. The zero-order chi connectivity index (χ0) is 15.9. The molecule has 0 aliphatic carbocycles. The molecule has 0 bridgehead atoms. The Morgan fingerprint density at radius 3 is 2.45 bits per heavy atom. The molecule has 0 spiro atoms. The van der Waals surface area contributed by atoms with E-state index in [0.717, 1.165) is 37.6 Å². The average Bonchev–Trinajstić information content (AvgIpc) is 2.46. The summed E-state index contributed by atoms with van der Waals surface area (Å²) in [4.78, 5) is 11.3. The van der Waals surface area contributed by atoms with Crippen LogP contribution in [-0.4, -0.2) is 23.1 Å². The van der Waals surface area contributed by atoms with E-state index >= 15 is 0 Å². The van der Waals surface area contributed by atoms with Crippen molar-refractivity contribution in [2.75, 3.05) is 23.3 Å². The van der Waals surface area contributed by atoms with Crippen LogP contribution in [0.2, 0.25) is 0 Å². The van der Waals surface area contributed by atoms with E-state index < -0.39 is 0 Å². The van der Waals surface area contributed by atoms with Gasteiger partial charge < -0.3 is 10.2 Å². The van der Waals surface area contributed by atoms with Gasteiger partial charge in [0.15, 0.2) is 0 Å². The number of nitrogens with zero attached hydrogens (tertiary/aromatic N) is 3. The van der Waals surface area contributed by atoms with Crippen LogP contribution in [0.1, 0.15) is 32.4 Å². The van der Waals surface area contributed by atoms with Crippen LogP contribution in [0.3, 0.4) is 0 Å². The first-order chi connectivity index (χ1) is 10.6. The minimum Gasteiger partial charge on any atom is -0.341 e. The summed E-state index contributed by atoms with van der Waals surface area (Å²) in [7, 11) is 0. The molecule has 2 aromatic rings. The largest absolute Gasteiger partial charge is 0.341 e. The number of halogens is 1. The molecular weight excluding hydrogens is 279 g/mol. The Bertz CT molecular complexity index is 609. The van der Waals surface area contributed by atoms with Gasteiger partial charge in [0.2, 0.25) is 5.95 Å². The fourth-order valence-corrected chi connectivity index (χ4v) is 2.32. The van der Waals surface area contributed by atoms with Crippen molar-refractivity contribution in [3.8, 4) is 0 Å². The predicted molar refractivity (Wildman–Crippen MR) is 89.2 cm³/mol. The predicted octanol–water partition coefficient (Wildman–Crippen LogP) is 4.29. The zero-order valence-electron chi connectivity index (χ0n) is 13.4. The molecule has 1 N–H and O–H groups in total. The number of nitrogens with one attached hydrogen (secondary N) is 1. The Morgan fingerprint density at radius 1 is 1.09 bits per heavy atom. The summed E-state index contributed by atoms with van der Waals surface area (Å²) in [6.07, 6.45) is 2.09. The maximum Gasteiger partial charge on any atom is 0.227 e. The molecule has 118 valence electrons. The van der Waals surface area contributed by atoms with Gasteiger partial charge in [-0.05, 0) is 38.0 Å². The van der Waals surface area contributed by atoms with E-state index in [0.29, 0.717) is 11.5 Å². The summed E-state index contributed by atoms with van der Waals surface area (Å²) in [6.45, 7) is 8.08. The quantitative estimate of drug-likeness (QED) is 0.828. The van der Waals surface area contributed by atoms with Gasteiger partial charge >= 0.3 is 0 Å². The van der Waals surface area contributed by atoms with E-state index in [2.05, 4.69) is 34.0 Å². The highest BCUT2D eigenvalue weighted by Gasteiger charge is 2.10. The molecule has 1 aromatic heterocycles. The lowest BCUT2D eigenvalue weighted by molar-refractivity contribution is 0.628. The number of aryl methyl sites for hydroxylation is 1. The molecule has 0 aliphatic heterocycles. The molecule has 0 unspecified atom stereocenters. The van der Waals surface area contributed by atoms with Crippen molar-refractivity contribution in [1.29, 1.82) is 0 Å². The summed E-state index contributed by atoms with van der Waals surface area (Å²) in [5.41, 5.74) is 1.57. The van der Waals surface area contributed by atoms with Crippen molar-refractivity contribution in [2.45, 2.75) is 33.6 Å². The highest BCUT2D eigenvalue weighted by atomic mass is 19.1. The van der Waals surface area contributed by atoms with Crippen molar-refractivity contribution >= 4 is 17.5 Å². The molecule has 4 nitrogen and oxygen atoms in total. The van der Waals surface area contributed by atoms with E-state index in [1.54, 1.807) is 6.07 Å². The lowest BCUT2D eigenvalue weighted by atomic mass is 10.3. The monoisotopic (exact) mass is 302 g/mol. The van der Waals surface area contributed by atoms with Crippen LogP contribution >= 0.6 is 0 Å². The van der Waals surface area contributed by atoms with Gasteiger partial charge in [-0.3, -0.25) is 0 Å². The molecule has 0 radical (unpaired) electrons. The van der Waals surface area contributed by atoms with Crippen LogP contribution in [0.5, 0.6) is 0 Å². The van der Waals surface area contributed by atoms with Gasteiger partial charge in [-0.1, -0.05) is 19.9 Å². The van der Waals surface area contributed by atoms with Gasteiger partial charge in [-0.15, -0.1) is 0 Å². The Kier molecular flexibility index (Phi) is 5.69. The zero-order valence-corrected chi connectivity index (χ0v) is 13.4. The Morgan fingerprint density at radius 2 is 1.82 bits per heavy atom. The van der Waals surface area contributed by atoms with Crippen LogP contribution in [0.25, 0.3) is 0 Å². The minimum atomic E-state index is -0.269. The van der Waals surface area contributed by atoms with E-state index in [9.17, 15) is 4.39 Å². The fraction of sp³-hybridized carbons (Fsp3) is 0.412. The molecule has 0 amide bonds. The third-order valence-electron chi connectivity index (χ3n) is 3.21. The highest BCUT2D eigenvalue weighted by molar-refractivity contribution is 5.57. The van der Waals surface area contributed by atoms with Gasteiger partial charge in [0.05, 0.1) is 0 Å². The van der Waals surface area contributed by atoms with Gasteiger partial charge in [0.1, 0.15) is 11.6 Å². The van der Waals surface area contributed by atoms with Gasteiger partial charge in [-0.2, -0.15) is 4.98 Å². The van der Waals surface area contributed by atoms with Crippen LogP contribution in [0.15, 0.2) is 30.3 Å². The summed E-state index contributed by atoms with van der Waals surface area (Å²) in [6, 6.07) is 8.23. The molecular formula is C17H23FN4. The van der Waals surface area contributed by atoms with Crippen LogP contribution in [0.4, 0.5) is 21.8 Å². The molecule has 0 aliphatic rings. The van der Waals surface area contributed by atoms with Gasteiger partial charge in [0.25, 0.3) is 0 Å². The Hall–Kier alpha value is -2.17. The minimum absolute atomic E-state index is 0.269. The summed E-state index contributed by atoms with van der Waals surface area (Å²) in [5.74, 6) is 1.14. The van der Waals surface area contributed by atoms with Gasteiger partial charge in [0, 0.05) is 30.5 Å². The summed E-state index contributed by atoms with van der Waals surface area (Å²) in [5, 5.41) is 3.15. The van der Waals surface area contributed by atoms with Crippen molar-refractivity contribution in [1.82, 2.24) is 9.97 Å². The third-order valence-corrected chi connectivity index (χ3v) is 3.21. The molecule has 0 fully saturated rings. The van der Waals surface area contributed by atoms with E-state index in [4.69, 9.17) is 0 Å². The van der Waals surface area contributed by atoms with Crippen molar-refractivity contribution in [3.05, 3.63) is 41.8 Å². The van der Waals surface area contributed by atoms with Crippen molar-refractivity contribution in [2.24, 2.45) is 0 Å². The third kappa shape index (κ3) is 4.41. The maximum atomic E-state index is 13.3. The molecule has 0 saturated carbocycles. The Balaban J connectivity index is 2.25. The maximum absolute atomic E-state index is 13.3. The Labute approximate surface area is 131 Å². The number of rotatable bonds is 7. The molecule has 2 rings (SSSR count). The molecule has 1 aromatic carbocycles. The van der Waals surface area contributed by atoms with Crippen LogP contribution < -0.4 is 10.2 Å². The first kappa shape index (κ1) is 16.2. The van der Waals surface area contributed by atoms with Crippen LogP contribution in [0, 0.1) is 12.7 Å². The first-order valence-electron chi connectivity index (χ1n) is 7.75. The second kappa shape index (κ2) is 7.73. The standard InChI is InChI=1S/C17H23FN4/c1-4-9-22(10-5-2)17-19-13(3)11-16(21-17)20-15-8-6-7-14(18)12-15/h6-8,11-12H,4-5,9-10H2,1-3H3,(H,19,20,21). The molecule has 1 heterocycles. The molecule has 5 heteroatoms. The summed E-state index contributed by atoms with van der Waals surface area (Å²) >= 11 is 0. The lowest BCUT2D eigenvalue weighted by Crippen LogP contribution is -2.27. The first-order valence-corrected chi connectivity index (χ1v) is 7.75. The number of hydrogen-bond acceptors (Lipinski definition) is 4. The van der Waals surface area contributed by atoms with Gasteiger partial charge in [-0.25, -0.2) is 9.37 Å². The number of aromatic nitrogens is 2. The van der Waals surface area contributed by atoms with Crippen molar-refractivity contribution in [3.63, 3.8) is 0 Å². The number of benzene rings is 1. The molecule has 0 saturated heterocycles.